The normalized spacial score (nSPS) is 15.6. The lowest BCUT2D eigenvalue weighted by molar-refractivity contribution is -0.126. The molecule has 1 fully saturated rings. The summed E-state index contributed by atoms with van der Waals surface area (Å²) in [5, 5.41) is 5.21. The molecule has 1 heterocycles. The number of methoxy groups -OCH3 is 1. The summed E-state index contributed by atoms with van der Waals surface area (Å²) in [6.45, 7) is 0.794. The van der Waals surface area contributed by atoms with Crippen molar-refractivity contribution >= 4 is 26.7 Å². The molecular weight excluding hydrogens is 431 g/mol. The van der Waals surface area contributed by atoms with Gasteiger partial charge in [0.25, 0.3) is 0 Å². The van der Waals surface area contributed by atoms with Gasteiger partial charge in [-0.05, 0) is 47.4 Å². The molecule has 0 radical (unpaired) electrons. The minimum absolute atomic E-state index is 0.0849. The van der Waals surface area contributed by atoms with Crippen molar-refractivity contribution in [1.82, 2.24) is 9.62 Å². The number of carbonyl (C=O) groups is 1. The van der Waals surface area contributed by atoms with Gasteiger partial charge >= 0.3 is 0 Å². The highest BCUT2D eigenvalue weighted by Crippen LogP contribution is 2.30. The Balaban J connectivity index is 1.39. The predicted octanol–water partition coefficient (Wildman–Crippen LogP) is 3.70. The number of fused-ring (bicyclic) bond motifs is 1. The van der Waals surface area contributed by atoms with Gasteiger partial charge in [-0.1, -0.05) is 42.5 Å². The number of hydrogen-bond acceptors (Lipinski definition) is 4. The van der Waals surface area contributed by atoms with Crippen LogP contribution in [0.5, 0.6) is 5.75 Å². The average molecular weight is 457 g/mol. The van der Waals surface area contributed by atoms with Crippen molar-refractivity contribution in [3.8, 4) is 5.75 Å². The highest BCUT2D eigenvalue weighted by Gasteiger charge is 2.34. The van der Waals surface area contributed by atoms with Crippen LogP contribution in [0.2, 0.25) is 0 Å². The number of carbonyl (C=O) groups excluding carboxylic acids is 1. The van der Waals surface area contributed by atoms with Crippen LogP contribution in [-0.2, 0) is 21.4 Å². The second kappa shape index (κ2) is 9.26. The SMILES string of the molecule is COc1ccc(F)cc1S(=O)(=O)N1CCC(C(=O)NCc2cccc3ccccc23)CC1. The fraction of sp³-hybridized carbons (Fsp3) is 0.292. The molecule has 0 atom stereocenters. The van der Waals surface area contributed by atoms with Gasteiger partial charge in [0.15, 0.2) is 0 Å². The first-order valence-electron chi connectivity index (χ1n) is 10.5. The van der Waals surface area contributed by atoms with Crippen LogP contribution in [0.15, 0.2) is 65.6 Å². The van der Waals surface area contributed by atoms with Crippen molar-refractivity contribution in [2.75, 3.05) is 20.2 Å². The highest BCUT2D eigenvalue weighted by atomic mass is 32.2. The Hall–Kier alpha value is -2.97. The lowest BCUT2D eigenvalue weighted by Gasteiger charge is -2.31. The number of ether oxygens (including phenoxy) is 1. The molecule has 0 aliphatic carbocycles. The Bertz CT molecular complexity index is 1230. The smallest absolute Gasteiger partial charge is 0.246 e. The maximum absolute atomic E-state index is 13.7. The van der Waals surface area contributed by atoms with E-state index in [1.165, 1.54) is 17.5 Å². The second-order valence-electron chi connectivity index (χ2n) is 7.83. The van der Waals surface area contributed by atoms with Gasteiger partial charge in [-0.25, -0.2) is 12.8 Å². The summed E-state index contributed by atoms with van der Waals surface area (Å²) in [6.07, 6.45) is 0.802. The topological polar surface area (TPSA) is 75.7 Å². The number of halogens is 1. The lowest BCUT2D eigenvalue weighted by atomic mass is 9.97. The number of rotatable bonds is 6. The van der Waals surface area contributed by atoms with Crippen LogP contribution in [0.3, 0.4) is 0 Å². The molecule has 0 aromatic heterocycles. The zero-order valence-electron chi connectivity index (χ0n) is 17.8. The lowest BCUT2D eigenvalue weighted by Crippen LogP contribution is -2.43. The molecule has 32 heavy (non-hydrogen) atoms. The third kappa shape index (κ3) is 4.47. The molecule has 168 valence electrons. The first-order valence-corrected chi connectivity index (χ1v) is 11.9. The van der Waals surface area contributed by atoms with E-state index in [4.69, 9.17) is 4.74 Å². The molecule has 1 aliphatic rings. The molecule has 1 amide bonds. The van der Waals surface area contributed by atoms with Crippen molar-refractivity contribution in [2.24, 2.45) is 5.92 Å². The number of nitrogens with one attached hydrogen (secondary N) is 1. The van der Waals surface area contributed by atoms with E-state index in [-0.39, 0.29) is 35.6 Å². The summed E-state index contributed by atoms with van der Waals surface area (Å²) >= 11 is 0. The average Bonchev–Trinajstić information content (AvgIpc) is 2.82. The van der Waals surface area contributed by atoms with E-state index < -0.39 is 15.8 Å². The van der Waals surface area contributed by atoms with E-state index in [0.717, 1.165) is 28.5 Å². The molecule has 0 spiro atoms. The number of amides is 1. The van der Waals surface area contributed by atoms with Crippen LogP contribution >= 0.6 is 0 Å². The Morgan fingerprint density at radius 2 is 1.81 bits per heavy atom. The van der Waals surface area contributed by atoms with Gasteiger partial charge in [-0.15, -0.1) is 0 Å². The summed E-state index contributed by atoms with van der Waals surface area (Å²) in [6, 6.07) is 17.4. The van der Waals surface area contributed by atoms with Crippen molar-refractivity contribution in [1.29, 1.82) is 0 Å². The molecule has 0 unspecified atom stereocenters. The third-order valence-electron chi connectivity index (χ3n) is 5.90. The first kappa shape index (κ1) is 22.2. The van der Waals surface area contributed by atoms with Crippen LogP contribution in [0.4, 0.5) is 4.39 Å². The molecule has 0 saturated carbocycles. The monoisotopic (exact) mass is 456 g/mol. The van der Waals surface area contributed by atoms with Crippen LogP contribution in [-0.4, -0.2) is 38.8 Å². The van der Waals surface area contributed by atoms with Crippen LogP contribution in [0, 0.1) is 11.7 Å². The van der Waals surface area contributed by atoms with Gasteiger partial charge in [0.1, 0.15) is 16.5 Å². The maximum atomic E-state index is 13.7. The zero-order chi connectivity index (χ0) is 22.7. The van der Waals surface area contributed by atoms with Gasteiger partial charge in [-0.3, -0.25) is 4.79 Å². The Morgan fingerprint density at radius 1 is 1.09 bits per heavy atom. The number of piperidine rings is 1. The van der Waals surface area contributed by atoms with Crippen molar-refractivity contribution < 1.29 is 22.3 Å². The van der Waals surface area contributed by atoms with Crippen molar-refractivity contribution in [3.63, 3.8) is 0 Å². The van der Waals surface area contributed by atoms with Gasteiger partial charge in [0, 0.05) is 25.6 Å². The summed E-state index contributed by atoms with van der Waals surface area (Å²) in [5.41, 5.74) is 1.04. The van der Waals surface area contributed by atoms with E-state index in [9.17, 15) is 17.6 Å². The molecule has 3 aromatic rings. The van der Waals surface area contributed by atoms with Crippen molar-refractivity contribution in [3.05, 3.63) is 72.0 Å². The second-order valence-corrected chi connectivity index (χ2v) is 9.74. The van der Waals surface area contributed by atoms with Crippen LogP contribution < -0.4 is 10.1 Å². The number of sulfonamides is 1. The largest absolute Gasteiger partial charge is 0.495 e. The summed E-state index contributed by atoms with van der Waals surface area (Å²) < 4.78 is 46.1. The molecule has 0 bridgehead atoms. The van der Waals surface area contributed by atoms with Gasteiger partial charge in [0.05, 0.1) is 7.11 Å². The molecule has 4 rings (SSSR count). The quantitative estimate of drug-likeness (QED) is 0.614. The van der Waals surface area contributed by atoms with E-state index in [0.29, 0.717) is 19.4 Å². The maximum Gasteiger partial charge on any atom is 0.246 e. The Kier molecular flexibility index (Phi) is 6.43. The molecule has 8 heteroatoms. The van der Waals surface area contributed by atoms with Crippen LogP contribution in [0.1, 0.15) is 18.4 Å². The van der Waals surface area contributed by atoms with Crippen molar-refractivity contribution in [2.45, 2.75) is 24.3 Å². The molecule has 6 nitrogen and oxygen atoms in total. The Labute approximate surface area is 187 Å². The summed E-state index contributed by atoms with van der Waals surface area (Å²) in [4.78, 5) is 12.5. The zero-order valence-corrected chi connectivity index (χ0v) is 18.6. The van der Waals surface area contributed by atoms with E-state index in [1.54, 1.807) is 0 Å². The molecule has 3 aromatic carbocycles. The number of nitrogens with zero attached hydrogens (tertiary/aromatic N) is 1. The van der Waals surface area contributed by atoms with E-state index >= 15 is 0 Å². The van der Waals surface area contributed by atoms with Gasteiger partial charge < -0.3 is 10.1 Å². The molecule has 1 saturated heterocycles. The van der Waals surface area contributed by atoms with Crippen LogP contribution in [0.25, 0.3) is 10.8 Å². The number of benzene rings is 3. The summed E-state index contributed by atoms with van der Waals surface area (Å²) in [5.74, 6) is -0.905. The minimum atomic E-state index is -3.92. The summed E-state index contributed by atoms with van der Waals surface area (Å²) in [7, 11) is -2.57. The number of hydrogen-bond donors (Lipinski definition) is 1. The molecule has 1 N–H and O–H groups in total. The molecular formula is C24H25FN2O4S. The van der Waals surface area contributed by atoms with E-state index in [2.05, 4.69) is 5.32 Å². The highest BCUT2D eigenvalue weighted by molar-refractivity contribution is 7.89. The fourth-order valence-corrected chi connectivity index (χ4v) is 5.76. The third-order valence-corrected chi connectivity index (χ3v) is 7.82. The Morgan fingerprint density at radius 3 is 2.56 bits per heavy atom. The van der Waals surface area contributed by atoms with Gasteiger partial charge in [-0.2, -0.15) is 4.31 Å². The van der Waals surface area contributed by atoms with E-state index in [1.807, 2.05) is 42.5 Å². The standard InChI is InChI=1S/C24H25FN2O4S/c1-31-22-10-9-20(25)15-23(22)32(29,30)27-13-11-18(12-14-27)24(28)26-16-19-7-4-6-17-5-2-3-8-21(17)19/h2-10,15,18H,11-14,16H2,1H3,(H,26,28). The van der Waals surface area contributed by atoms with Gasteiger partial charge in [0.2, 0.25) is 15.9 Å². The fourth-order valence-electron chi connectivity index (χ4n) is 4.12. The first-order chi connectivity index (χ1) is 15.4. The minimum Gasteiger partial charge on any atom is -0.495 e. The predicted molar refractivity (Wildman–Crippen MR) is 120 cm³/mol. The molecule has 1 aliphatic heterocycles.